The maximum absolute atomic E-state index is 13.7. The Bertz CT molecular complexity index is 1260. The van der Waals surface area contributed by atoms with Crippen LogP contribution < -0.4 is 10.6 Å². The van der Waals surface area contributed by atoms with Gasteiger partial charge in [0.1, 0.15) is 23.2 Å². The number of hydrogen-bond acceptors (Lipinski definition) is 9. The number of ether oxygens (including phenoxy) is 2. The molecule has 0 unspecified atom stereocenters. The predicted octanol–water partition coefficient (Wildman–Crippen LogP) is 3.73. The highest BCUT2D eigenvalue weighted by atomic mass is 16.6. The van der Waals surface area contributed by atoms with Crippen LogP contribution in [0.25, 0.3) is 11.4 Å². The molecule has 3 rings (SSSR count). The minimum Gasteiger partial charge on any atom is -0.460 e. The number of nitrogens with one attached hydrogen (secondary N) is 2. The summed E-state index contributed by atoms with van der Waals surface area (Å²) in [4.78, 5) is 64.2. The van der Waals surface area contributed by atoms with Gasteiger partial charge in [-0.3, -0.25) is 14.4 Å². The summed E-state index contributed by atoms with van der Waals surface area (Å²) < 4.78 is 10.5. The number of benzene rings is 1. The van der Waals surface area contributed by atoms with E-state index < -0.39 is 29.6 Å². The van der Waals surface area contributed by atoms with Crippen LogP contribution in [0.4, 0.5) is 10.6 Å². The summed E-state index contributed by atoms with van der Waals surface area (Å²) in [5, 5.41) is 6.06. The van der Waals surface area contributed by atoms with E-state index in [9.17, 15) is 19.2 Å². The molecule has 234 valence electrons. The van der Waals surface area contributed by atoms with E-state index in [4.69, 9.17) is 9.47 Å². The van der Waals surface area contributed by atoms with E-state index in [1.807, 2.05) is 30.3 Å². The topological polar surface area (TPSA) is 143 Å². The number of carbonyl (C=O) groups excluding carboxylic acids is 4. The molecule has 43 heavy (non-hydrogen) atoms. The molecular weight excluding hydrogens is 552 g/mol. The highest BCUT2D eigenvalue weighted by molar-refractivity contribution is 5.97. The van der Waals surface area contributed by atoms with Crippen LogP contribution in [0.3, 0.4) is 0 Å². The molecule has 0 radical (unpaired) electrons. The fourth-order valence-electron chi connectivity index (χ4n) is 4.37. The average molecular weight is 597 g/mol. The van der Waals surface area contributed by atoms with Gasteiger partial charge in [0.05, 0.1) is 6.61 Å². The molecule has 2 N–H and O–H groups in total. The van der Waals surface area contributed by atoms with Crippen molar-refractivity contribution in [3.63, 3.8) is 0 Å². The number of rotatable bonds is 11. The average Bonchev–Trinajstić information content (AvgIpc) is 2.97. The summed E-state index contributed by atoms with van der Waals surface area (Å²) in [5.41, 5.74) is 0.140. The van der Waals surface area contributed by atoms with E-state index in [0.717, 1.165) is 5.56 Å². The molecule has 1 saturated heterocycles. The predicted molar refractivity (Wildman–Crippen MR) is 162 cm³/mol. The van der Waals surface area contributed by atoms with Crippen molar-refractivity contribution in [2.24, 2.45) is 5.92 Å². The zero-order valence-electron chi connectivity index (χ0n) is 26.0. The maximum Gasteiger partial charge on any atom is 0.409 e. The molecule has 1 aliphatic heterocycles. The molecule has 12 heteroatoms. The fraction of sp³-hybridized carbons (Fsp3) is 0.548. The number of piperazine rings is 1. The third-order valence-corrected chi connectivity index (χ3v) is 6.46. The summed E-state index contributed by atoms with van der Waals surface area (Å²) in [5.74, 6) is -0.201. The van der Waals surface area contributed by atoms with E-state index in [1.54, 1.807) is 43.6 Å². The van der Waals surface area contributed by atoms with E-state index in [-0.39, 0.29) is 44.1 Å². The quantitative estimate of drug-likeness (QED) is 0.371. The third-order valence-electron chi connectivity index (χ3n) is 6.46. The molecule has 12 nitrogen and oxygen atoms in total. The fourth-order valence-corrected chi connectivity index (χ4v) is 4.37. The molecule has 0 bridgehead atoms. The highest BCUT2D eigenvalue weighted by Gasteiger charge is 2.32. The van der Waals surface area contributed by atoms with E-state index in [1.165, 1.54) is 0 Å². The molecule has 1 atom stereocenters. The van der Waals surface area contributed by atoms with Crippen molar-refractivity contribution in [1.29, 1.82) is 0 Å². The van der Waals surface area contributed by atoms with Crippen molar-refractivity contribution in [3.8, 4) is 11.4 Å². The van der Waals surface area contributed by atoms with Crippen LogP contribution in [-0.4, -0.2) is 94.6 Å². The standard InChI is InChI=1S/C31H44N6O6/c1-7-42-30(41)37-17-15-36(16-18-37)29(40)23(13-14-26(38)43-31(4,5)6)34-28(39)24-19-25(32-20-21(2)3)35-27(33-24)22-11-9-8-10-12-22/h8-12,19,21,23H,7,13-18,20H2,1-6H3,(H,34,39)(H,32,33,35)/t23-/m0/s1. The van der Waals surface area contributed by atoms with Crippen molar-refractivity contribution in [2.45, 2.75) is 66.0 Å². The number of esters is 1. The Morgan fingerprint density at radius 1 is 0.977 bits per heavy atom. The molecular formula is C31H44N6O6. The van der Waals surface area contributed by atoms with Gasteiger partial charge in [-0.05, 0) is 40.0 Å². The van der Waals surface area contributed by atoms with E-state index in [2.05, 4.69) is 34.4 Å². The van der Waals surface area contributed by atoms with Gasteiger partial charge in [-0.15, -0.1) is 0 Å². The van der Waals surface area contributed by atoms with Gasteiger partial charge in [-0.25, -0.2) is 14.8 Å². The molecule has 2 heterocycles. The molecule has 1 aromatic carbocycles. The van der Waals surface area contributed by atoms with Crippen LogP contribution in [0.1, 0.15) is 64.9 Å². The van der Waals surface area contributed by atoms with Gasteiger partial charge in [0.2, 0.25) is 5.91 Å². The molecule has 2 aromatic rings. The van der Waals surface area contributed by atoms with Crippen LogP contribution >= 0.6 is 0 Å². The normalized spacial score (nSPS) is 14.2. The first-order valence-corrected chi connectivity index (χ1v) is 14.8. The first kappa shape index (κ1) is 33.3. The smallest absolute Gasteiger partial charge is 0.409 e. The second-order valence-corrected chi connectivity index (χ2v) is 11.8. The third kappa shape index (κ3) is 10.5. The minimum absolute atomic E-state index is 0.0344. The zero-order valence-corrected chi connectivity index (χ0v) is 26.0. The first-order chi connectivity index (χ1) is 20.4. The van der Waals surface area contributed by atoms with Crippen molar-refractivity contribution in [2.75, 3.05) is 44.6 Å². The second-order valence-electron chi connectivity index (χ2n) is 11.8. The lowest BCUT2D eigenvalue weighted by molar-refractivity contribution is -0.155. The molecule has 0 spiro atoms. The zero-order chi connectivity index (χ0) is 31.6. The number of aromatic nitrogens is 2. The Hall–Kier alpha value is -4.22. The van der Waals surface area contributed by atoms with Crippen LogP contribution in [0.15, 0.2) is 36.4 Å². The van der Waals surface area contributed by atoms with Crippen LogP contribution in [-0.2, 0) is 19.1 Å². The maximum atomic E-state index is 13.7. The van der Waals surface area contributed by atoms with Crippen molar-refractivity contribution < 1.29 is 28.7 Å². The Morgan fingerprint density at radius 2 is 1.63 bits per heavy atom. The number of hydrogen-bond donors (Lipinski definition) is 2. The highest BCUT2D eigenvalue weighted by Crippen LogP contribution is 2.19. The Kier molecular flexibility index (Phi) is 11.8. The van der Waals surface area contributed by atoms with Crippen molar-refractivity contribution >= 4 is 29.7 Å². The van der Waals surface area contributed by atoms with E-state index in [0.29, 0.717) is 37.2 Å². The molecule has 1 fully saturated rings. The van der Waals surface area contributed by atoms with Crippen molar-refractivity contribution in [3.05, 3.63) is 42.1 Å². The molecule has 3 amide bonds. The van der Waals surface area contributed by atoms with Gasteiger partial charge in [0.15, 0.2) is 5.82 Å². The SMILES string of the molecule is CCOC(=O)N1CCN(C(=O)[C@H](CCC(=O)OC(C)(C)C)NC(=O)c2cc(NCC(C)C)nc(-c3ccccc3)n2)CC1. The Morgan fingerprint density at radius 3 is 2.23 bits per heavy atom. The van der Waals surface area contributed by atoms with Gasteiger partial charge in [0, 0.05) is 50.8 Å². The summed E-state index contributed by atoms with van der Waals surface area (Å²) in [6.45, 7) is 13.2. The van der Waals surface area contributed by atoms with Crippen molar-refractivity contribution in [1.82, 2.24) is 25.1 Å². The Balaban J connectivity index is 1.83. The van der Waals surface area contributed by atoms with Gasteiger partial charge in [-0.2, -0.15) is 0 Å². The number of nitrogens with zero attached hydrogens (tertiary/aromatic N) is 4. The second kappa shape index (κ2) is 15.3. The lowest BCUT2D eigenvalue weighted by Gasteiger charge is -2.36. The van der Waals surface area contributed by atoms with Crippen LogP contribution in [0.5, 0.6) is 0 Å². The van der Waals surface area contributed by atoms with Crippen LogP contribution in [0, 0.1) is 5.92 Å². The number of anilines is 1. The minimum atomic E-state index is -1.02. The lowest BCUT2D eigenvalue weighted by atomic mass is 10.1. The molecule has 0 saturated carbocycles. The molecule has 0 aliphatic carbocycles. The number of amides is 3. The summed E-state index contributed by atoms with van der Waals surface area (Å²) >= 11 is 0. The summed E-state index contributed by atoms with van der Waals surface area (Å²) in [7, 11) is 0. The van der Waals surface area contributed by atoms with Gasteiger partial charge in [-0.1, -0.05) is 44.2 Å². The molecule has 1 aromatic heterocycles. The lowest BCUT2D eigenvalue weighted by Crippen LogP contribution is -2.56. The monoisotopic (exact) mass is 596 g/mol. The largest absolute Gasteiger partial charge is 0.460 e. The molecule has 1 aliphatic rings. The van der Waals surface area contributed by atoms with Gasteiger partial charge < -0.3 is 29.9 Å². The Labute approximate surface area is 253 Å². The first-order valence-electron chi connectivity index (χ1n) is 14.8. The van der Waals surface area contributed by atoms with Crippen LogP contribution in [0.2, 0.25) is 0 Å². The number of carbonyl (C=O) groups is 4. The van der Waals surface area contributed by atoms with E-state index >= 15 is 0 Å². The summed E-state index contributed by atoms with van der Waals surface area (Å²) in [6.07, 6.45) is -0.465. The summed E-state index contributed by atoms with van der Waals surface area (Å²) in [6, 6.07) is 9.85. The van der Waals surface area contributed by atoms with Gasteiger partial charge >= 0.3 is 12.1 Å². The van der Waals surface area contributed by atoms with Gasteiger partial charge in [0.25, 0.3) is 5.91 Å².